The normalized spacial score (nSPS) is 12.4. The number of aromatic nitrogens is 2. The second kappa shape index (κ2) is 4.45. The fourth-order valence-electron chi connectivity index (χ4n) is 1.54. The number of hydrogen-bond acceptors (Lipinski definition) is 2. The van der Waals surface area contributed by atoms with Crippen LogP contribution in [0, 0.1) is 11.6 Å². The van der Waals surface area contributed by atoms with Crippen LogP contribution in [0.2, 0.25) is 0 Å². The van der Waals surface area contributed by atoms with E-state index in [0.717, 1.165) is 12.1 Å². The Hall–Kier alpha value is -2.04. The number of Topliss-reactive ketones (excluding diaryl/α,β-unsaturated/α-hetero) is 1. The number of halogens is 2. The molecule has 0 aliphatic heterocycles. The standard InChI is InChI=1S/C12H10F2N2O/c1-8(16-6-2-5-15-16)12(17)10-4-3-9(13)7-11(10)14/h2-8H,1H3. The molecule has 1 aromatic carbocycles. The van der Waals surface area contributed by atoms with Crippen LogP contribution in [0.3, 0.4) is 0 Å². The van der Waals surface area contributed by atoms with Crippen LogP contribution in [0.1, 0.15) is 23.3 Å². The first-order chi connectivity index (χ1) is 8.09. The molecule has 3 nitrogen and oxygen atoms in total. The zero-order valence-corrected chi connectivity index (χ0v) is 9.10. The summed E-state index contributed by atoms with van der Waals surface area (Å²) in [6, 6.07) is 3.96. The molecule has 0 amide bonds. The van der Waals surface area contributed by atoms with Crippen molar-refractivity contribution in [1.29, 1.82) is 0 Å². The summed E-state index contributed by atoms with van der Waals surface area (Å²) < 4.78 is 27.6. The van der Waals surface area contributed by atoms with E-state index in [2.05, 4.69) is 5.10 Å². The van der Waals surface area contributed by atoms with Gasteiger partial charge in [-0.15, -0.1) is 0 Å². The summed E-state index contributed by atoms with van der Waals surface area (Å²) in [7, 11) is 0. The summed E-state index contributed by atoms with van der Waals surface area (Å²) in [6.45, 7) is 1.61. The van der Waals surface area contributed by atoms with E-state index in [0.29, 0.717) is 6.07 Å². The van der Waals surface area contributed by atoms with E-state index in [4.69, 9.17) is 0 Å². The van der Waals surface area contributed by atoms with Crippen LogP contribution < -0.4 is 0 Å². The van der Waals surface area contributed by atoms with Crippen LogP contribution in [-0.4, -0.2) is 15.6 Å². The van der Waals surface area contributed by atoms with Gasteiger partial charge in [0.05, 0.1) is 5.56 Å². The van der Waals surface area contributed by atoms with Gasteiger partial charge < -0.3 is 0 Å². The Kier molecular flexibility index (Phi) is 2.99. The second-order valence-corrected chi connectivity index (χ2v) is 3.65. The summed E-state index contributed by atoms with van der Waals surface area (Å²) in [6.07, 6.45) is 3.15. The molecule has 88 valence electrons. The van der Waals surface area contributed by atoms with Crippen LogP contribution in [0.4, 0.5) is 8.78 Å². The third kappa shape index (κ3) is 2.22. The van der Waals surface area contributed by atoms with Gasteiger partial charge in [-0.25, -0.2) is 8.78 Å². The Labute approximate surface area is 96.7 Å². The predicted octanol–water partition coefficient (Wildman–Crippen LogP) is 2.61. The Morgan fingerprint density at radius 3 is 2.76 bits per heavy atom. The van der Waals surface area contributed by atoms with Crippen molar-refractivity contribution in [2.75, 3.05) is 0 Å². The third-order valence-corrected chi connectivity index (χ3v) is 2.50. The average Bonchev–Trinajstić information content (AvgIpc) is 2.80. The number of rotatable bonds is 3. The maximum atomic E-state index is 13.4. The SMILES string of the molecule is CC(C(=O)c1ccc(F)cc1F)n1cccn1. The molecule has 5 heteroatoms. The van der Waals surface area contributed by atoms with Gasteiger partial charge in [0.1, 0.15) is 17.7 Å². The summed E-state index contributed by atoms with van der Waals surface area (Å²) in [5.41, 5.74) is -0.130. The van der Waals surface area contributed by atoms with Crippen molar-refractivity contribution in [3.05, 3.63) is 53.9 Å². The molecule has 0 fully saturated rings. The van der Waals surface area contributed by atoms with E-state index >= 15 is 0 Å². The molecule has 1 heterocycles. The summed E-state index contributed by atoms with van der Waals surface area (Å²) >= 11 is 0. The van der Waals surface area contributed by atoms with Gasteiger partial charge in [0.25, 0.3) is 0 Å². The van der Waals surface area contributed by atoms with E-state index in [1.807, 2.05) is 0 Å². The van der Waals surface area contributed by atoms with Crippen LogP contribution in [0.5, 0.6) is 0 Å². The monoisotopic (exact) mass is 236 g/mol. The predicted molar refractivity (Wildman–Crippen MR) is 57.6 cm³/mol. The van der Waals surface area contributed by atoms with Crippen molar-refractivity contribution >= 4 is 5.78 Å². The first-order valence-corrected chi connectivity index (χ1v) is 5.08. The molecule has 17 heavy (non-hydrogen) atoms. The van der Waals surface area contributed by atoms with Crippen LogP contribution in [0.25, 0.3) is 0 Å². The van der Waals surface area contributed by atoms with E-state index < -0.39 is 23.5 Å². The molecule has 0 N–H and O–H groups in total. The van der Waals surface area contributed by atoms with E-state index in [1.54, 1.807) is 19.2 Å². The summed E-state index contributed by atoms with van der Waals surface area (Å²) in [4.78, 5) is 12.0. The molecule has 0 radical (unpaired) electrons. The van der Waals surface area contributed by atoms with Gasteiger partial charge in [-0.05, 0) is 25.1 Å². The Morgan fingerprint density at radius 2 is 2.18 bits per heavy atom. The van der Waals surface area contributed by atoms with E-state index in [9.17, 15) is 13.6 Å². The Bertz CT molecular complexity index is 537. The molecule has 0 saturated carbocycles. The van der Waals surface area contributed by atoms with Crippen molar-refractivity contribution < 1.29 is 13.6 Å². The summed E-state index contributed by atoms with van der Waals surface area (Å²) in [5.74, 6) is -1.99. The molecule has 2 rings (SSSR count). The minimum atomic E-state index is -0.853. The molecular weight excluding hydrogens is 226 g/mol. The average molecular weight is 236 g/mol. The lowest BCUT2D eigenvalue weighted by molar-refractivity contribution is 0.0924. The van der Waals surface area contributed by atoms with Crippen LogP contribution in [0.15, 0.2) is 36.7 Å². The van der Waals surface area contributed by atoms with Gasteiger partial charge in [0.2, 0.25) is 0 Å². The van der Waals surface area contributed by atoms with Crippen LogP contribution in [-0.2, 0) is 0 Å². The number of benzene rings is 1. The van der Waals surface area contributed by atoms with Crippen molar-refractivity contribution in [3.63, 3.8) is 0 Å². The van der Waals surface area contributed by atoms with E-state index in [1.165, 1.54) is 10.9 Å². The van der Waals surface area contributed by atoms with Gasteiger partial charge >= 0.3 is 0 Å². The highest BCUT2D eigenvalue weighted by Crippen LogP contribution is 2.17. The minimum Gasteiger partial charge on any atom is -0.292 e. The molecular formula is C12H10F2N2O. The largest absolute Gasteiger partial charge is 0.292 e. The number of ketones is 1. The zero-order chi connectivity index (χ0) is 12.4. The van der Waals surface area contributed by atoms with Crippen molar-refractivity contribution in [2.45, 2.75) is 13.0 Å². The van der Waals surface area contributed by atoms with Gasteiger partial charge in [0.15, 0.2) is 5.78 Å². The zero-order valence-electron chi connectivity index (χ0n) is 9.10. The Morgan fingerprint density at radius 1 is 1.41 bits per heavy atom. The number of carbonyl (C=O) groups excluding carboxylic acids is 1. The number of hydrogen-bond donors (Lipinski definition) is 0. The second-order valence-electron chi connectivity index (χ2n) is 3.65. The molecule has 0 saturated heterocycles. The lowest BCUT2D eigenvalue weighted by Gasteiger charge is -2.11. The van der Waals surface area contributed by atoms with Gasteiger partial charge in [0, 0.05) is 18.5 Å². The quantitative estimate of drug-likeness (QED) is 0.768. The van der Waals surface area contributed by atoms with Gasteiger partial charge in [-0.1, -0.05) is 0 Å². The minimum absolute atomic E-state index is 0.130. The molecule has 0 aliphatic carbocycles. The summed E-state index contributed by atoms with van der Waals surface area (Å²) in [5, 5.41) is 3.91. The molecule has 0 spiro atoms. The fraction of sp³-hybridized carbons (Fsp3) is 0.167. The molecule has 1 atom stereocenters. The molecule has 1 unspecified atom stereocenters. The van der Waals surface area contributed by atoms with Crippen LogP contribution >= 0.6 is 0 Å². The maximum Gasteiger partial charge on any atom is 0.190 e. The van der Waals surface area contributed by atoms with Crippen molar-refractivity contribution in [2.24, 2.45) is 0 Å². The fourth-order valence-corrected chi connectivity index (χ4v) is 1.54. The van der Waals surface area contributed by atoms with Gasteiger partial charge in [-0.3, -0.25) is 9.48 Å². The first kappa shape index (κ1) is 11.4. The van der Waals surface area contributed by atoms with Gasteiger partial charge in [-0.2, -0.15) is 5.10 Å². The Balaban J connectivity index is 2.31. The molecule has 0 aliphatic rings. The smallest absolute Gasteiger partial charge is 0.190 e. The van der Waals surface area contributed by atoms with E-state index in [-0.39, 0.29) is 5.56 Å². The highest BCUT2D eigenvalue weighted by molar-refractivity contribution is 5.98. The van der Waals surface area contributed by atoms with Crippen molar-refractivity contribution in [1.82, 2.24) is 9.78 Å². The van der Waals surface area contributed by atoms with Crippen molar-refractivity contribution in [3.8, 4) is 0 Å². The maximum absolute atomic E-state index is 13.4. The molecule has 1 aromatic heterocycles. The highest BCUT2D eigenvalue weighted by atomic mass is 19.1. The highest BCUT2D eigenvalue weighted by Gasteiger charge is 2.20. The lowest BCUT2D eigenvalue weighted by atomic mass is 10.1. The topological polar surface area (TPSA) is 34.9 Å². The molecule has 2 aromatic rings. The lowest BCUT2D eigenvalue weighted by Crippen LogP contribution is -2.18. The molecule has 0 bridgehead atoms. The number of carbonyl (C=O) groups is 1. The third-order valence-electron chi connectivity index (χ3n) is 2.50. The first-order valence-electron chi connectivity index (χ1n) is 5.08. The number of nitrogens with zero attached hydrogens (tertiary/aromatic N) is 2.